The van der Waals surface area contributed by atoms with E-state index in [2.05, 4.69) is 29.8 Å². The van der Waals surface area contributed by atoms with Crippen molar-refractivity contribution in [2.45, 2.75) is 31.0 Å². The van der Waals surface area contributed by atoms with E-state index in [9.17, 15) is 8.78 Å². The number of benzene rings is 1. The predicted molar refractivity (Wildman–Crippen MR) is 80.5 cm³/mol. The van der Waals surface area contributed by atoms with Gasteiger partial charge in [0.2, 0.25) is 0 Å². The molecule has 0 saturated carbocycles. The van der Waals surface area contributed by atoms with Gasteiger partial charge in [0.25, 0.3) is 5.76 Å². The molecule has 0 aliphatic carbocycles. The normalized spacial score (nSPS) is 11.1. The lowest BCUT2D eigenvalue weighted by molar-refractivity contribution is 0.252. The maximum atomic E-state index is 12.2. The molecule has 0 unspecified atom stereocenters. The van der Waals surface area contributed by atoms with Crippen molar-refractivity contribution in [3.8, 4) is 0 Å². The molecule has 1 N–H and O–H groups in total. The lowest BCUT2D eigenvalue weighted by Crippen LogP contribution is -2.01. The van der Waals surface area contributed by atoms with E-state index in [4.69, 9.17) is 0 Å². The van der Waals surface area contributed by atoms with E-state index in [1.807, 2.05) is 19.2 Å². The molecule has 5 heteroatoms. The number of hydrogen-bond donors (Lipinski definition) is 1. The SMILES string of the molecule is Cc1cc(CNc2ccc(SC(F)F)cc2)c(C)n1C. The minimum atomic E-state index is -2.37. The average molecular weight is 296 g/mol. The van der Waals surface area contributed by atoms with Gasteiger partial charge in [-0.3, -0.25) is 0 Å². The average Bonchev–Trinajstić information content (AvgIpc) is 2.65. The van der Waals surface area contributed by atoms with Crippen molar-refractivity contribution in [3.05, 3.63) is 47.3 Å². The summed E-state index contributed by atoms with van der Waals surface area (Å²) in [6.45, 7) is 4.90. The van der Waals surface area contributed by atoms with Gasteiger partial charge in [-0.2, -0.15) is 8.78 Å². The zero-order valence-electron chi connectivity index (χ0n) is 11.8. The number of nitrogens with one attached hydrogen (secondary N) is 1. The van der Waals surface area contributed by atoms with Crippen LogP contribution in [0, 0.1) is 13.8 Å². The van der Waals surface area contributed by atoms with Gasteiger partial charge >= 0.3 is 0 Å². The molecule has 0 aliphatic heterocycles. The molecule has 0 radical (unpaired) electrons. The van der Waals surface area contributed by atoms with Crippen molar-refractivity contribution in [2.75, 3.05) is 5.32 Å². The summed E-state index contributed by atoms with van der Waals surface area (Å²) in [6.07, 6.45) is 0. The van der Waals surface area contributed by atoms with Crippen molar-refractivity contribution >= 4 is 17.4 Å². The maximum Gasteiger partial charge on any atom is 0.288 e. The van der Waals surface area contributed by atoms with Crippen LogP contribution in [-0.4, -0.2) is 10.3 Å². The van der Waals surface area contributed by atoms with E-state index < -0.39 is 5.76 Å². The fraction of sp³-hybridized carbons (Fsp3) is 0.333. The quantitative estimate of drug-likeness (QED) is 0.814. The number of thioether (sulfide) groups is 1. The molecule has 0 amide bonds. The molecule has 0 bridgehead atoms. The molecule has 2 aromatic rings. The molecular weight excluding hydrogens is 278 g/mol. The first-order valence-corrected chi connectivity index (χ1v) is 7.26. The molecule has 0 fully saturated rings. The Balaban J connectivity index is 1.98. The van der Waals surface area contributed by atoms with Gasteiger partial charge in [-0.1, -0.05) is 11.8 Å². The zero-order valence-corrected chi connectivity index (χ0v) is 12.6. The van der Waals surface area contributed by atoms with Crippen molar-refractivity contribution in [1.29, 1.82) is 0 Å². The van der Waals surface area contributed by atoms with Crippen LogP contribution in [0.3, 0.4) is 0 Å². The molecule has 108 valence electrons. The fourth-order valence-corrected chi connectivity index (χ4v) is 2.56. The summed E-state index contributed by atoms with van der Waals surface area (Å²) in [5, 5.41) is 3.31. The Bertz CT molecular complexity index is 576. The fourth-order valence-electron chi connectivity index (χ4n) is 2.06. The minimum Gasteiger partial charge on any atom is -0.381 e. The number of rotatable bonds is 5. The third kappa shape index (κ3) is 3.54. The topological polar surface area (TPSA) is 17.0 Å². The highest BCUT2D eigenvalue weighted by Gasteiger charge is 2.07. The second-order valence-electron chi connectivity index (χ2n) is 4.71. The number of nitrogens with zero attached hydrogens (tertiary/aromatic N) is 1. The van der Waals surface area contributed by atoms with E-state index in [0.717, 1.165) is 12.2 Å². The molecule has 2 nitrogen and oxygen atoms in total. The Kier molecular flexibility index (Phi) is 4.70. The van der Waals surface area contributed by atoms with Gasteiger partial charge in [0.15, 0.2) is 0 Å². The van der Waals surface area contributed by atoms with E-state index >= 15 is 0 Å². The van der Waals surface area contributed by atoms with Crippen LogP contribution < -0.4 is 5.32 Å². The molecule has 0 saturated heterocycles. The van der Waals surface area contributed by atoms with Crippen LogP contribution in [0.2, 0.25) is 0 Å². The van der Waals surface area contributed by atoms with E-state index in [-0.39, 0.29) is 0 Å². The standard InChI is InChI=1S/C15H18F2N2S/c1-10-8-12(11(2)19(10)3)9-18-13-4-6-14(7-5-13)20-15(16)17/h4-8,15,18H,9H2,1-3H3. The molecule has 1 aromatic heterocycles. The second-order valence-corrected chi connectivity index (χ2v) is 5.78. The number of aromatic nitrogens is 1. The smallest absolute Gasteiger partial charge is 0.288 e. The number of halogens is 2. The van der Waals surface area contributed by atoms with Gasteiger partial charge in [0.1, 0.15) is 0 Å². The summed E-state index contributed by atoms with van der Waals surface area (Å²) in [6, 6.07) is 9.24. The summed E-state index contributed by atoms with van der Waals surface area (Å²) >= 11 is 0.565. The Morgan fingerprint density at radius 2 is 1.85 bits per heavy atom. The first kappa shape index (κ1) is 14.9. The van der Waals surface area contributed by atoms with Crippen LogP contribution in [0.5, 0.6) is 0 Å². The minimum absolute atomic E-state index is 0.565. The number of alkyl halides is 2. The zero-order chi connectivity index (χ0) is 14.7. The van der Waals surface area contributed by atoms with Crippen LogP contribution >= 0.6 is 11.8 Å². The highest BCUT2D eigenvalue weighted by Crippen LogP contribution is 2.26. The summed E-state index contributed by atoms with van der Waals surface area (Å²) in [7, 11) is 2.05. The van der Waals surface area contributed by atoms with Crippen LogP contribution in [0.25, 0.3) is 0 Å². The van der Waals surface area contributed by atoms with Gasteiger partial charge < -0.3 is 9.88 Å². The first-order valence-electron chi connectivity index (χ1n) is 6.38. The van der Waals surface area contributed by atoms with Crippen molar-refractivity contribution in [1.82, 2.24) is 4.57 Å². The van der Waals surface area contributed by atoms with Crippen molar-refractivity contribution in [2.24, 2.45) is 7.05 Å². The van der Waals surface area contributed by atoms with Gasteiger partial charge in [-0.15, -0.1) is 0 Å². The van der Waals surface area contributed by atoms with Crippen LogP contribution in [0.4, 0.5) is 14.5 Å². The van der Waals surface area contributed by atoms with Gasteiger partial charge in [0, 0.05) is 35.6 Å². The molecule has 20 heavy (non-hydrogen) atoms. The summed E-state index contributed by atoms with van der Waals surface area (Å²) < 4.78 is 26.6. The molecule has 1 aromatic carbocycles. The monoisotopic (exact) mass is 296 g/mol. The summed E-state index contributed by atoms with van der Waals surface area (Å²) in [5.74, 6) is -2.37. The van der Waals surface area contributed by atoms with Gasteiger partial charge in [-0.25, -0.2) is 0 Å². The van der Waals surface area contributed by atoms with Crippen LogP contribution in [-0.2, 0) is 13.6 Å². The third-order valence-corrected chi connectivity index (χ3v) is 4.16. The lowest BCUT2D eigenvalue weighted by Gasteiger charge is -2.08. The van der Waals surface area contributed by atoms with Crippen molar-refractivity contribution in [3.63, 3.8) is 0 Å². The van der Waals surface area contributed by atoms with Crippen LogP contribution in [0.1, 0.15) is 17.0 Å². The van der Waals surface area contributed by atoms with Gasteiger partial charge in [0.05, 0.1) is 0 Å². The number of anilines is 1. The van der Waals surface area contributed by atoms with E-state index in [1.54, 1.807) is 12.1 Å². The Morgan fingerprint density at radius 1 is 1.20 bits per heavy atom. The van der Waals surface area contributed by atoms with Gasteiger partial charge in [-0.05, 0) is 49.7 Å². The summed E-state index contributed by atoms with van der Waals surface area (Å²) in [4.78, 5) is 0.581. The largest absolute Gasteiger partial charge is 0.381 e. The number of aryl methyl sites for hydroxylation is 1. The molecule has 0 atom stereocenters. The van der Waals surface area contributed by atoms with Crippen molar-refractivity contribution < 1.29 is 8.78 Å². The van der Waals surface area contributed by atoms with E-state index in [1.165, 1.54) is 17.0 Å². The Morgan fingerprint density at radius 3 is 2.35 bits per heavy atom. The second kappa shape index (κ2) is 6.31. The molecule has 2 rings (SSSR count). The maximum absolute atomic E-state index is 12.2. The lowest BCUT2D eigenvalue weighted by atomic mass is 10.2. The molecule has 0 aliphatic rings. The molecule has 1 heterocycles. The first-order chi connectivity index (χ1) is 9.47. The third-order valence-electron chi connectivity index (χ3n) is 3.44. The molecular formula is C15H18F2N2S. The predicted octanol–water partition coefficient (Wildman–Crippen LogP) is 4.57. The van der Waals surface area contributed by atoms with Crippen LogP contribution in [0.15, 0.2) is 35.2 Å². The Labute approximate surface area is 122 Å². The van der Waals surface area contributed by atoms with E-state index in [0.29, 0.717) is 16.7 Å². The Hall–Kier alpha value is -1.49. The highest BCUT2D eigenvalue weighted by atomic mass is 32.2. The number of hydrogen-bond acceptors (Lipinski definition) is 2. The molecule has 0 spiro atoms. The highest BCUT2D eigenvalue weighted by molar-refractivity contribution is 7.99. The summed E-state index contributed by atoms with van der Waals surface area (Å²) in [5.41, 5.74) is 4.64.